The number of halogens is 2. The van der Waals surface area contributed by atoms with E-state index in [9.17, 15) is 13.2 Å². The number of sulfone groups is 1. The number of morpholine rings is 1. The van der Waals surface area contributed by atoms with Crippen molar-refractivity contribution in [2.24, 2.45) is 11.3 Å². The van der Waals surface area contributed by atoms with Gasteiger partial charge in [-0.2, -0.15) is 10.2 Å². The Hall–Kier alpha value is -2.64. The highest BCUT2D eigenvalue weighted by molar-refractivity contribution is 7.91. The van der Waals surface area contributed by atoms with E-state index in [2.05, 4.69) is 52.0 Å². The molecule has 1 aromatic carbocycles. The number of piperidine rings is 1. The minimum Gasteiger partial charge on any atom is -0.374 e. The molecule has 48 heavy (non-hydrogen) atoms. The number of H-pyrrole nitrogens is 1. The highest BCUT2D eigenvalue weighted by Crippen LogP contribution is 2.56. The lowest BCUT2D eigenvalue weighted by Crippen LogP contribution is -2.63. The van der Waals surface area contributed by atoms with E-state index < -0.39 is 9.84 Å². The minimum absolute atomic E-state index is 0.00371. The Bertz CT molecular complexity index is 1910. The Morgan fingerprint density at radius 3 is 2.67 bits per heavy atom. The highest BCUT2D eigenvalue weighted by Gasteiger charge is 2.55. The third kappa shape index (κ3) is 5.28. The average Bonchev–Trinajstić information content (AvgIpc) is 3.67. The summed E-state index contributed by atoms with van der Waals surface area (Å²) in [5, 5.41) is 14.6. The topological polar surface area (TPSA) is 117 Å². The second-order valence-corrected chi connectivity index (χ2v) is 18.4. The summed E-state index contributed by atoms with van der Waals surface area (Å²) in [7, 11) is -3.07. The van der Waals surface area contributed by atoms with E-state index in [1.54, 1.807) is 0 Å². The van der Waals surface area contributed by atoms with Crippen LogP contribution in [0.2, 0.25) is 10.0 Å². The van der Waals surface area contributed by atoms with E-state index >= 15 is 0 Å². The molecule has 11 nitrogen and oxygen atoms in total. The molecule has 4 saturated heterocycles. The average molecular weight is 717 g/mol. The normalized spacial score (nSPS) is 28.0. The number of aromatic nitrogens is 4. The lowest BCUT2D eigenvalue weighted by atomic mass is 9.60. The molecule has 14 heteroatoms. The number of amides is 1. The summed E-state index contributed by atoms with van der Waals surface area (Å²) in [6.07, 6.45) is 6.80. The molecule has 4 aliphatic heterocycles. The Morgan fingerprint density at radius 2 is 1.94 bits per heavy atom. The number of anilines is 1. The third-order valence-electron chi connectivity index (χ3n) is 11.7. The molecule has 8 rings (SSSR count). The van der Waals surface area contributed by atoms with Crippen molar-refractivity contribution in [3.63, 3.8) is 0 Å². The quantitative estimate of drug-likeness (QED) is 0.359. The number of benzene rings is 1. The second-order valence-electron chi connectivity index (χ2n) is 15.4. The molecule has 0 radical (unpaired) electrons. The van der Waals surface area contributed by atoms with Crippen molar-refractivity contribution in [2.45, 2.75) is 70.2 Å². The van der Waals surface area contributed by atoms with Crippen LogP contribution < -0.4 is 4.90 Å². The van der Waals surface area contributed by atoms with E-state index in [4.69, 9.17) is 33.0 Å². The molecular formula is C34H43Cl2N7O4S. The zero-order valence-electron chi connectivity index (χ0n) is 27.7. The largest absolute Gasteiger partial charge is 0.374 e. The number of likely N-dealkylation sites (tertiary alicyclic amines) is 1. The van der Waals surface area contributed by atoms with Crippen LogP contribution in [0, 0.1) is 18.3 Å². The van der Waals surface area contributed by atoms with Gasteiger partial charge in [0.15, 0.2) is 15.7 Å². The highest BCUT2D eigenvalue weighted by atomic mass is 35.5. The summed E-state index contributed by atoms with van der Waals surface area (Å²) in [5.74, 6) is 1.62. The van der Waals surface area contributed by atoms with Crippen LogP contribution >= 0.6 is 23.2 Å². The summed E-state index contributed by atoms with van der Waals surface area (Å²) in [4.78, 5) is 18.8. The number of rotatable bonds is 6. The molecule has 2 unspecified atom stereocenters. The monoisotopic (exact) mass is 715 g/mol. The Labute approximate surface area is 291 Å². The van der Waals surface area contributed by atoms with Gasteiger partial charge in [0.05, 0.1) is 58.1 Å². The van der Waals surface area contributed by atoms with Gasteiger partial charge in [-0.05, 0) is 64.5 Å². The van der Waals surface area contributed by atoms with Crippen molar-refractivity contribution in [1.82, 2.24) is 29.8 Å². The summed E-state index contributed by atoms with van der Waals surface area (Å²) >= 11 is 13.8. The van der Waals surface area contributed by atoms with Crippen molar-refractivity contribution < 1.29 is 17.9 Å². The zero-order chi connectivity index (χ0) is 33.7. The molecule has 5 fully saturated rings. The van der Waals surface area contributed by atoms with Crippen LogP contribution in [0.25, 0.3) is 22.0 Å². The molecule has 1 spiro atoms. The lowest BCUT2D eigenvalue weighted by Gasteiger charge is -2.58. The van der Waals surface area contributed by atoms with E-state index in [-0.39, 0.29) is 46.6 Å². The van der Waals surface area contributed by atoms with Crippen molar-refractivity contribution in [2.75, 3.05) is 55.7 Å². The first-order valence-electron chi connectivity index (χ1n) is 16.9. The van der Waals surface area contributed by atoms with Crippen LogP contribution in [0.1, 0.15) is 51.3 Å². The van der Waals surface area contributed by atoms with E-state index in [1.165, 1.54) is 6.08 Å². The third-order valence-corrected chi connectivity index (χ3v) is 14.2. The second kappa shape index (κ2) is 11.4. The molecule has 1 amide bonds. The maximum Gasteiger partial charge on any atom is 0.245 e. The fourth-order valence-electron chi connectivity index (χ4n) is 9.46. The van der Waals surface area contributed by atoms with Crippen LogP contribution in [-0.4, -0.2) is 113 Å². The Morgan fingerprint density at radius 1 is 1.17 bits per heavy atom. The molecule has 1 N–H and O–H groups in total. The van der Waals surface area contributed by atoms with Crippen molar-refractivity contribution in [3.05, 3.63) is 40.7 Å². The van der Waals surface area contributed by atoms with Gasteiger partial charge >= 0.3 is 0 Å². The van der Waals surface area contributed by atoms with E-state index in [1.807, 2.05) is 17.2 Å². The summed E-state index contributed by atoms with van der Waals surface area (Å²) in [6, 6.07) is 1.98. The number of hydrogen-bond acceptors (Lipinski definition) is 8. The van der Waals surface area contributed by atoms with Gasteiger partial charge in [-0.3, -0.25) is 19.5 Å². The molecule has 258 valence electrons. The number of ether oxygens (including phenoxy) is 1. The molecule has 2 aromatic heterocycles. The van der Waals surface area contributed by atoms with Gasteiger partial charge in [-0.15, -0.1) is 0 Å². The van der Waals surface area contributed by atoms with Gasteiger partial charge < -0.3 is 14.5 Å². The number of fused-ring (bicyclic) bond motifs is 2. The van der Waals surface area contributed by atoms with Crippen molar-refractivity contribution in [3.8, 4) is 11.1 Å². The smallest absolute Gasteiger partial charge is 0.245 e. The van der Waals surface area contributed by atoms with Gasteiger partial charge in [0.25, 0.3) is 0 Å². The van der Waals surface area contributed by atoms with Crippen molar-refractivity contribution >= 4 is 55.7 Å². The van der Waals surface area contributed by atoms with Crippen LogP contribution in [0.5, 0.6) is 0 Å². The molecule has 3 atom stereocenters. The number of carbonyl (C=O) groups is 1. The number of carbonyl (C=O) groups excluding carboxylic acids is 1. The summed E-state index contributed by atoms with van der Waals surface area (Å²) in [5.41, 5.74) is 3.57. The maximum atomic E-state index is 12.4. The predicted molar refractivity (Wildman–Crippen MR) is 187 cm³/mol. The number of hydrogen-bond donors (Lipinski definition) is 1. The molecular weight excluding hydrogens is 673 g/mol. The van der Waals surface area contributed by atoms with Gasteiger partial charge in [0.2, 0.25) is 5.91 Å². The van der Waals surface area contributed by atoms with Crippen LogP contribution in [0.3, 0.4) is 0 Å². The van der Waals surface area contributed by atoms with Crippen molar-refractivity contribution in [1.29, 1.82) is 0 Å². The molecule has 3 aromatic rings. The number of aromatic amines is 1. The molecule has 1 saturated carbocycles. The van der Waals surface area contributed by atoms with Gasteiger partial charge in [-0.25, -0.2) is 8.42 Å². The molecule has 5 aliphatic rings. The van der Waals surface area contributed by atoms with Gasteiger partial charge in [0.1, 0.15) is 0 Å². The molecule has 0 bridgehead atoms. The molecule has 6 heterocycles. The predicted octanol–water partition coefficient (Wildman–Crippen LogP) is 4.88. The first-order chi connectivity index (χ1) is 22.8. The van der Waals surface area contributed by atoms with Crippen LogP contribution in [0.15, 0.2) is 24.9 Å². The van der Waals surface area contributed by atoms with Gasteiger partial charge in [-0.1, -0.05) is 29.8 Å². The van der Waals surface area contributed by atoms with Crippen LogP contribution in [-0.2, 0) is 19.4 Å². The fraction of sp³-hybridized carbons (Fsp3) is 0.618. The van der Waals surface area contributed by atoms with E-state index in [0.29, 0.717) is 22.6 Å². The standard InChI is InChI=1S/C34H43Cl2N7O4S/c1-5-28(44)41-18-34(19-41)12-22(13-34)43-20(2)29(30-23-14-37-38-25(23)10-24(35)31(30)36)32(39-43)42-7-6-21(11-33(42,3)4)15-40-8-9-47-27-17-48(45,46)16-26(27)40/h5,10,14,21-22,26-27H,1,6-9,11-13,15-19H2,2-4H3,(H,37,38)/t21-,26?,27?/m1/s1. The molecule has 1 aliphatic carbocycles. The van der Waals surface area contributed by atoms with Gasteiger partial charge in [0, 0.05) is 65.9 Å². The lowest BCUT2D eigenvalue weighted by molar-refractivity contribution is -0.149. The SMILES string of the molecule is C=CC(=O)N1CC2(CC(n3nc(N4CC[C@@H](CN5CCOC6CS(=O)(=O)CC65)CC4(C)C)c(-c4c(Cl)c(Cl)cc5[nH]ncc45)c3C)C2)C1. The van der Waals surface area contributed by atoms with E-state index in [0.717, 1.165) is 91.9 Å². The first-order valence-corrected chi connectivity index (χ1v) is 19.5. The summed E-state index contributed by atoms with van der Waals surface area (Å²) < 4.78 is 33.0. The fourth-order valence-corrected chi connectivity index (χ4v) is 11.8. The Kier molecular flexibility index (Phi) is 7.76. The summed E-state index contributed by atoms with van der Waals surface area (Å²) in [6.45, 7) is 14.9. The first kappa shape index (κ1) is 32.6. The number of nitrogens with one attached hydrogen (secondary N) is 1. The maximum absolute atomic E-state index is 12.4. The Balaban J connectivity index is 1.10. The zero-order valence-corrected chi connectivity index (χ0v) is 30.0. The number of nitrogens with zero attached hydrogens (tertiary/aromatic N) is 6. The van der Waals surface area contributed by atoms with Crippen LogP contribution in [0.4, 0.5) is 5.82 Å². The minimum atomic E-state index is -3.07.